The fourth-order valence-electron chi connectivity index (χ4n) is 3.76. The molecule has 0 unspecified atom stereocenters. The van der Waals surface area contributed by atoms with Gasteiger partial charge < -0.3 is 15.1 Å². The van der Waals surface area contributed by atoms with E-state index in [1.54, 1.807) is 19.2 Å². The summed E-state index contributed by atoms with van der Waals surface area (Å²) in [7, 11) is 3.89. The molecule has 1 aromatic heterocycles. The summed E-state index contributed by atoms with van der Waals surface area (Å²) in [5.74, 6) is -0.478. The van der Waals surface area contributed by atoms with Gasteiger partial charge in [-0.15, -0.1) is 0 Å². The van der Waals surface area contributed by atoms with Crippen LogP contribution in [0.2, 0.25) is 0 Å². The number of hydrogen-bond acceptors (Lipinski definition) is 5. The van der Waals surface area contributed by atoms with Crippen molar-refractivity contribution in [3.63, 3.8) is 0 Å². The van der Waals surface area contributed by atoms with Crippen LogP contribution in [0.15, 0.2) is 45.8 Å². The lowest BCUT2D eigenvalue weighted by Crippen LogP contribution is -2.43. The number of rotatable bonds is 3. The van der Waals surface area contributed by atoms with E-state index in [2.05, 4.69) is 34.0 Å². The first-order chi connectivity index (χ1) is 13.1. The van der Waals surface area contributed by atoms with Crippen LogP contribution in [0, 0.1) is 0 Å². The van der Waals surface area contributed by atoms with Crippen LogP contribution < -0.4 is 11.1 Å². The van der Waals surface area contributed by atoms with Crippen LogP contribution in [-0.4, -0.2) is 56.0 Å². The molecule has 0 radical (unpaired) electrons. The standard InChI is InChI=1S/C21H24N4O2/c1-23-20-16-12-14(13-25-10-8-24(2)9-11-25)6-7-17(16)27-18-5-3-4-15(19(18)20)21(22)26/h3-7,12H,8-11,13H2,1-2H3,(H2,22,26)/b23-20-. The van der Waals surface area contributed by atoms with Crippen LogP contribution in [0.5, 0.6) is 0 Å². The summed E-state index contributed by atoms with van der Waals surface area (Å²) >= 11 is 0. The predicted molar refractivity (Wildman–Crippen MR) is 106 cm³/mol. The molecular weight excluding hydrogens is 340 g/mol. The molecule has 1 saturated heterocycles. The summed E-state index contributed by atoms with van der Waals surface area (Å²) in [6.07, 6.45) is 0. The fourth-order valence-corrected chi connectivity index (χ4v) is 3.76. The molecule has 6 nitrogen and oxygen atoms in total. The van der Waals surface area contributed by atoms with Gasteiger partial charge in [-0.2, -0.15) is 0 Å². The average molecular weight is 364 g/mol. The smallest absolute Gasteiger partial charge is 0.249 e. The van der Waals surface area contributed by atoms with Crippen LogP contribution in [0.4, 0.5) is 0 Å². The van der Waals surface area contributed by atoms with Crippen molar-refractivity contribution in [2.24, 2.45) is 10.7 Å². The Balaban J connectivity index is 1.84. The lowest BCUT2D eigenvalue weighted by molar-refractivity contribution is 0.100. The Labute approximate surface area is 157 Å². The van der Waals surface area contributed by atoms with E-state index in [4.69, 9.17) is 10.2 Å². The normalized spacial score (nSPS) is 17.0. The number of carbonyl (C=O) groups is 1. The average Bonchev–Trinajstić information content (AvgIpc) is 2.67. The van der Waals surface area contributed by atoms with Crippen LogP contribution >= 0.6 is 0 Å². The van der Waals surface area contributed by atoms with Crippen molar-refractivity contribution in [3.05, 3.63) is 52.9 Å². The molecule has 0 saturated carbocycles. The van der Waals surface area contributed by atoms with Crippen molar-refractivity contribution in [3.8, 4) is 0 Å². The monoisotopic (exact) mass is 364 g/mol. The summed E-state index contributed by atoms with van der Waals surface area (Å²) in [5.41, 5.74) is 8.60. The van der Waals surface area contributed by atoms with Gasteiger partial charge in [-0.1, -0.05) is 12.1 Å². The number of nitrogens with zero attached hydrogens (tertiary/aromatic N) is 3. The highest BCUT2D eigenvalue weighted by Crippen LogP contribution is 2.23. The van der Waals surface area contributed by atoms with E-state index in [1.807, 2.05) is 12.1 Å². The third-order valence-electron chi connectivity index (χ3n) is 5.27. The Hall–Kier alpha value is -2.70. The third kappa shape index (κ3) is 3.34. The van der Waals surface area contributed by atoms with Gasteiger partial charge in [0, 0.05) is 45.2 Å². The molecule has 3 aromatic rings. The number of piperazine rings is 1. The molecule has 2 aromatic carbocycles. The molecule has 0 bridgehead atoms. The Kier molecular flexibility index (Phi) is 4.68. The molecule has 1 amide bonds. The second-order valence-electron chi connectivity index (χ2n) is 7.13. The van der Waals surface area contributed by atoms with E-state index < -0.39 is 5.91 Å². The number of benzene rings is 2. The minimum Gasteiger partial charge on any atom is -0.456 e. The van der Waals surface area contributed by atoms with Gasteiger partial charge in [0.15, 0.2) is 0 Å². The van der Waals surface area contributed by atoms with Gasteiger partial charge in [-0.05, 0) is 36.9 Å². The molecule has 1 aliphatic rings. The maximum atomic E-state index is 11.9. The summed E-state index contributed by atoms with van der Waals surface area (Å²) < 4.78 is 6.05. The zero-order valence-electron chi connectivity index (χ0n) is 15.7. The van der Waals surface area contributed by atoms with E-state index in [-0.39, 0.29) is 0 Å². The van der Waals surface area contributed by atoms with Gasteiger partial charge in [0.1, 0.15) is 11.2 Å². The molecule has 6 heteroatoms. The van der Waals surface area contributed by atoms with E-state index in [0.717, 1.165) is 49.1 Å². The molecule has 0 aliphatic carbocycles. The van der Waals surface area contributed by atoms with Gasteiger partial charge in [0.05, 0.1) is 16.3 Å². The van der Waals surface area contributed by atoms with Crippen molar-refractivity contribution in [2.75, 3.05) is 40.3 Å². The van der Waals surface area contributed by atoms with E-state index in [0.29, 0.717) is 16.5 Å². The quantitative estimate of drug-likeness (QED) is 0.721. The van der Waals surface area contributed by atoms with Crippen LogP contribution in [-0.2, 0) is 6.54 Å². The first-order valence-corrected chi connectivity index (χ1v) is 9.19. The molecule has 4 rings (SSSR count). The highest BCUT2D eigenvalue weighted by Gasteiger charge is 2.16. The molecule has 2 N–H and O–H groups in total. The highest BCUT2D eigenvalue weighted by molar-refractivity contribution is 6.06. The number of nitrogens with two attached hydrogens (primary N) is 1. The molecule has 0 spiro atoms. The zero-order valence-corrected chi connectivity index (χ0v) is 15.7. The Morgan fingerprint density at radius 3 is 2.63 bits per heavy atom. The van der Waals surface area contributed by atoms with Crippen molar-refractivity contribution in [1.82, 2.24) is 9.80 Å². The zero-order chi connectivity index (χ0) is 19.0. The minimum absolute atomic E-state index is 0.434. The molecule has 1 aliphatic heterocycles. The topological polar surface area (TPSA) is 75.1 Å². The first-order valence-electron chi connectivity index (χ1n) is 9.19. The van der Waals surface area contributed by atoms with Gasteiger partial charge in [0.25, 0.3) is 0 Å². The van der Waals surface area contributed by atoms with E-state index in [9.17, 15) is 4.79 Å². The number of amides is 1. The lowest BCUT2D eigenvalue weighted by Gasteiger charge is -2.32. The van der Waals surface area contributed by atoms with Gasteiger partial charge in [-0.3, -0.25) is 14.7 Å². The van der Waals surface area contributed by atoms with Crippen molar-refractivity contribution >= 4 is 27.8 Å². The molecule has 1 fully saturated rings. The second-order valence-corrected chi connectivity index (χ2v) is 7.13. The number of carbonyl (C=O) groups excluding carboxylic acids is 1. The van der Waals surface area contributed by atoms with Crippen LogP contribution in [0.3, 0.4) is 0 Å². The Bertz CT molecular complexity index is 1080. The van der Waals surface area contributed by atoms with Crippen molar-refractivity contribution in [2.45, 2.75) is 6.54 Å². The third-order valence-corrected chi connectivity index (χ3v) is 5.27. The molecular formula is C21H24N4O2. The molecule has 2 heterocycles. The maximum Gasteiger partial charge on any atom is 0.249 e. The van der Waals surface area contributed by atoms with E-state index in [1.165, 1.54) is 5.56 Å². The van der Waals surface area contributed by atoms with Crippen LogP contribution in [0.1, 0.15) is 15.9 Å². The summed E-state index contributed by atoms with van der Waals surface area (Å²) in [4.78, 5) is 21.2. The number of likely N-dealkylation sites (N-methyl/N-ethyl adjacent to an activating group) is 1. The molecule has 140 valence electrons. The Morgan fingerprint density at radius 2 is 1.93 bits per heavy atom. The highest BCUT2D eigenvalue weighted by atomic mass is 16.3. The minimum atomic E-state index is -0.478. The summed E-state index contributed by atoms with van der Waals surface area (Å²) in [5, 5.41) is 2.34. The lowest BCUT2D eigenvalue weighted by atomic mass is 10.0. The maximum absolute atomic E-state index is 11.9. The predicted octanol–water partition coefficient (Wildman–Crippen LogP) is 1.96. The van der Waals surface area contributed by atoms with Crippen molar-refractivity contribution in [1.29, 1.82) is 0 Å². The van der Waals surface area contributed by atoms with Gasteiger partial charge in [0.2, 0.25) is 5.91 Å². The summed E-state index contributed by atoms with van der Waals surface area (Å²) in [6, 6.07) is 11.6. The number of primary amides is 1. The summed E-state index contributed by atoms with van der Waals surface area (Å²) in [6.45, 7) is 5.19. The second kappa shape index (κ2) is 7.13. The molecule has 27 heavy (non-hydrogen) atoms. The first kappa shape index (κ1) is 17.7. The Morgan fingerprint density at radius 1 is 1.15 bits per heavy atom. The van der Waals surface area contributed by atoms with Crippen LogP contribution in [0.25, 0.3) is 21.9 Å². The largest absolute Gasteiger partial charge is 0.456 e. The SMILES string of the molecule is C/N=c1/c2cc(CN3CCN(C)CC3)ccc2oc2cccc(C(N)=O)c12. The van der Waals surface area contributed by atoms with Gasteiger partial charge in [-0.25, -0.2) is 0 Å². The van der Waals surface area contributed by atoms with E-state index >= 15 is 0 Å². The van der Waals surface area contributed by atoms with Crippen molar-refractivity contribution < 1.29 is 9.21 Å². The number of hydrogen-bond donors (Lipinski definition) is 1. The fraction of sp³-hybridized carbons (Fsp3) is 0.333. The molecule has 0 atom stereocenters. The van der Waals surface area contributed by atoms with Gasteiger partial charge >= 0.3 is 0 Å². The number of fused-ring (bicyclic) bond motifs is 2.